The van der Waals surface area contributed by atoms with Crippen LogP contribution in [0.5, 0.6) is 0 Å². The third-order valence-electron chi connectivity index (χ3n) is 4.89. The lowest BCUT2D eigenvalue weighted by Crippen LogP contribution is -2.33. The first-order valence-electron chi connectivity index (χ1n) is 9.74. The van der Waals surface area contributed by atoms with E-state index in [1.165, 1.54) is 11.0 Å². The van der Waals surface area contributed by atoms with E-state index in [1.807, 2.05) is 19.9 Å². The van der Waals surface area contributed by atoms with Gasteiger partial charge in [0.05, 0.1) is 18.3 Å². The normalized spacial score (nSPS) is 14.3. The highest BCUT2D eigenvalue weighted by Crippen LogP contribution is 2.29. The summed E-state index contributed by atoms with van der Waals surface area (Å²) in [5, 5.41) is 9.84. The van der Waals surface area contributed by atoms with Crippen molar-refractivity contribution in [1.29, 1.82) is 0 Å². The van der Waals surface area contributed by atoms with Crippen molar-refractivity contribution in [3.05, 3.63) is 53.9 Å². The fourth-order valence-corrected chi connectivity index (χ4v) is 3.40. The standard InChI is InChI=1S/C20H22N8O3/c1-12-9-13(2)16(27-7-8-31-20(27)30)10-15(12)26-19(29)25-14(3)17-23-11-24-28(17)18-21-5-4-6-22-18/h4-6,9-11,14H,7-8H2,1-3H3,(H2,25,26,29). The van der Waals surface area contributed by atoms with Gasteiger partial charge < -0.3 is 15.4 Å². The zero-order valence-electron chi connectivity index (χ0n) is 17.4. The van der Waals surface area contributed by atoms with Gasteiger partial charge in [-0.2, -0.15) is 9.78 Å². The molecule has 11 heteroatoms. The van der Waals surface area contributed by atoms with Gasteiger partial charge in [-0.3, -0.25) is 4.90 Å². The number of aryl methyl sites for hydroxylation is 2. The minimum Gasteiger partial charge on any atom is -0.447 e. The number of carbonyl (C=O) groups excluding carboxylic acids is 2. The second-order valence-electron chi connectivity index (χ2n) is 7.12. The van der Waals surface area contributed by atoms with Crippen molar-refractivity contribution < 1.29 is 14.3 Å². The van der Waals surface area contributed by atoms with Crippen molar-refractivity contribution in [2.75, 3.05) is 23.4 Å². The Kier molecular flexibility index (Phi) is 5.48. The van der Waals surface area contributed by atoms with Crippen LogP contribution in [0.2, 0.25) is 0 Å². The van der Waals surface area contributed by atoms with Crippen molar-refractivity contribution in [2.24, 2.45) is 0 Å². The van der Waals surface area contributed by atoms with E-state index in [4.69, 9.17) is 4.74 Å². The highest BCUT2D eigenvalue weighted by Gasteiger charge is 2.26. The summed E-state index contributed by atoms with van der Waals surface area (Å²) in [7, 11) is 0. The molecule has 3 aromatic rings. The molecule has 1 aliphatic heterocycles. The molecule has 0 aliphatic carbocycles. The lowest BCUT2D eigenvalue weighted by Gasteiger charge is -2.20. The lowest BCUT2D eigenvalue weighted by molar-refractivity contribution is 0.181. The lowest BCUT2D eigenvalue weighted by atomic mass is 10.1. The topological polar surface area (TPSA) is 127 Å². The second-order valence-corrected chi connectivity index (χ2v) is 7.12. The van der Waals surface area contributed by atoms with Gasteiger partial charge >= 0.3 is 12.1 Å². The summed E-state index contributed by atoms with van der Waals surface area (Å²) in [5.74, 6) is 0.850. The minimum atomic E-state index is -0.468. The molecule has 31 heavy (non-hydrogen) atoms. The zero-order chi connectivity index (χ0) is 22.0. The molecule has 2 N–H and O–H groups in total. The number of cyclic esters (lactones) is 1. The van der Waals surface area contributed by atoms with Crippen LogP contribution in [0.25, 0.3) is 5.95 Å². The number of nitrogens with one attached hydrogen (secondary N) is 2. The van der Waals surface area contributed by atoms with E-state index in [9.17, 15) is 9.59 Å². The largest absolute Gasteiger partial charge is 0.447 e. The zero-order valence-corrected chi connectivity index (χ0v) is 17.4. The average molecular weight is 422 g/mol. The summed E-state index contributed by atoms with van der Waals surface area (Å²) >= 11 is 0. The molecule has 0 bridgehead atoms. The fourth-order valence-electron chi connectivity index (χ4n) is 3.40. The summed E-state index contributed by atoms with van der Waals surface area (Å²) in [6.45, 7) is 6.41. The number of benzene rings is 1. The Morgan fingerprint density at radius 2 is 1.94 bits per heavy atom. The first kappa shape index (κ1) is 20.3. The number of urea groups is 1. The third-order valence-corrected chi connectivity index (χ3v) is 4.89. The molecule has 1 atom stereocenters. The number of hydrogen-bond donors (Lipinski definition) is 2. The number of ether oxygens (including phenoxy) is 1. The summed E-state index contributed by atoms with van der Waals surface area (Å²) in [5.41, 5.74) is 3.10. The molecule has 3 amide bonds. The van der Waals surface area contributed by atoms with Gasteiger partial charge in [-0.1, -0.05) is 6.07 Å². The van der Waals surface area contributed by atoms with Gasteiger partial charge in [-0.15, -0.1) is 0 Å². The molecule has 1 aliphatic rings. The molecule has 1 unspecified atom stereocenters. The number of nitrogens with zero attached hydrogens (tertiary/aromatic N) is 6. The molecule has 1 saturated heterocycles. The smallest absolute Gasteiger partial charge is 0.414 e. The van der Waals surface area contributed by atoms with Crippen LogP contribution in [0.1, 0.15) is 29.9 Å². The van der Waals surface area contributed by atoms with E-state index < -0.39 is 18.2 Å². The Bertz CT molecular complexity index is 1110. The van der Waals surface area contributed by atoms with Crippen LogP contribution >= 0.6 is 0 Å². The molecule has 2 aromatic heterocycles. The van der Waals surface area contributed by atoms with Gasteiger partial charge in [-0.25, -0.2) is 24.5 Å². The van der Waals surface area contributed by atoms with Gasteiger partial charge in [0.25, 0.3) is 5.95 Å². The third kappa shape index (κ3) is 4.15. The Balaban J connectivity index is 1.50. The van der Waals surface area contributed by atoms with Gasteiger partial charge in [0.2, 0.25) is 0 Å². The maximum absolute atomic E-state index is 12.7. The summed E-state index contributed by atoms with van der Waals surface area (Å²) in [6.07, 6.45) is 4.20. The minimum absolute atomic E-state index is 0.346. The van der Waals surface area contributed by atoms with E-state index in [2.05, 4.69) is 30.7 Å². The van der Waals surface area contributed by atoms with Crippen molar-refractivity contribution in [3.63, 3.8) is 0 Å². The maximum Gasteiger partial charge on any atom is 0.414 e. The average Bonchev–Trinajstić information content (AvgIpc) is 3.40. The van der Waals surface area contributed by atoms with Gasteiger partial charge in [0.1, 0.15) is 12.9 Å². The Hall–Kier alpha value is -4.02. The molecule has 3 heterocycles. The fraction of sp³-hybridized carbons (Fsp3) is 0.300. The molecule has 4 rings (SSSR count). The van der Waals surface area contributed by atoms with Crippen LogP contribution < -0.4 is 15.5 Å². The monoisotopic (exact) mass is 422 g/mol. The van der Waals surface area contributed by atoms with E-state index >= 15 is 0 Å². The van der Waals surface area contributed by atoms with Gasteiger partial charge in [-0.05, 0) is 44.0 Å². The van der Waals surface area contributed by atoms with Crippen LogP contribution in [0.3, 0.4) is 0 Å². The van der Waals surface area contributed by atoms with Crippen molar-refractivity contribution in [2.45, 2.75) is 26.8 Å². The van der Waals surface area contributed by atoms with Crippen LogP contribution in [-0.2, 0) is 4.74 Å². The van der Waals surface area contributed by atoms with E-state index in [0.29, 0.717) is 36.3 Å². The number of aromatic nitrogens is 5. The second kappa shape index (κ2) is 8.38. The van der Waals surface area contributed by atoms with E-state index in [0.717, 1.165) is 11.1 Å². The maximum atomic E-state index is 12.7. The molecule has 0 radical (unpaired) electrons. The summed E-state index contributed by atoms with van der Waals surface area (Å²) in [6, 6.07) is 4.52. The van der Waals surface area contributed by atoms with E-state index in [1.54, 1.807) is 36.4 Å². The SMILES string of the molecule is Cc1cc(C)c(N2CCOC2=O)cc1NC(=O)NC(C)c1ncnn1-c1ncccn1. The molecular weight excluding hydrogens is 400 g/mol. The highest BCUT2D eigenvalue weighted by molar-refractivity contribution is 5.94. The first-order chi connectivity index (χ1) is 14.9. The van der Waals surface area contributed by atoms with Crippen LogP contribution in [0, 0.1) is 13.8 Å². The van der Waals surface area contributed by atoms with Crippen molar-refractivity contribution in [1.82, 2.24) is 30.0 Å². The number of rotatable bonds is 5. The Morgan fingerprint density at radius 1 is 1.16 bits per heavy atom. The molecule has 0 spiro atoms. The number of anilines is 2. The summed E-state index contributed by atoms with van der Waals surface area (Å²) < 4.78 is 6.50. The molecule has 1 aromatic carbocycles. The molecule has 160 valence electrons. The quantitative estimate of drug-likeness (QED) is 0.647. The highest BCUT2D eigenvalue weighted by atomic mass is 16.6. The van der Waals surface area contributed by atoms with Crippen molar-refractivity contribution >= 4 is 23.5 Å². The molecule has 11 nitrogen and oxygen atoms in total. The van der Waals surface area contributed by atoms with Crippen LogP contribution in [-0.4, -0.2) is 50.0 Å². The number of hydrogen-bond acceptors (Lipinski definition) is 7. The number of carbonyl (C=O) groups is 2. The van der Waals surface area contributed by atoms with Crippen molar-refractivity contribution in [3.8, 4) is 5.95 Å². The predicted molar refractivity (Wildman–Crippen MR) is 112 cm³/mol. The predicted octanol–water partition coefficient (Wildman–Crippen LogP) is 2.51. The molecular formula is C20H22N8O3. The van der Waals surface area contributed by atoms with Gasteiger partial charge in [0, 0.05) is 18.1 Å². The first-order valence-corrected chi connectivity index (χ1v) is 9.74. The summed E-state index contributed by atoms with van der Waals surface area (Å²) in [4.78, 5) is 38.7. The Morgan fingerprint density at radius 3 is 2.65 bits per heavy atom. The molecule has 0 saturated carbocycles. The van der Waals surface area contributed by atoms with Crippen LogP contribution in [0.4, 0.5) is 21.0 Å². The Labute approximate surface area is 178 Å². The van der Waals surface area contributed by atoms with E-state index in [-0.39, 0.29) is 0 Å². The van der Waals surface area contributed by atoms with Crippen LogP contribution in [0.15, 0.2) is 36.9 Å². The van der Waals surface area contributed by atoms with Gasteiger partial charge in [0.15, 0.2) is 5.82 Å². The number of amides is 3. The molecule has 1 fully saturated rings.